The molecule has 0 aromatic carbocycles. The maximum Gasteiger partial charge on any atom is 0.249 e. The number of hydrogen-bond donors (Lipinski definition) is 7. The molecule has 0 aliphatic carbocycles. The molecule has 1 saturated heterocycles. The Balaban J connectivity index is 2.28. The average molecular weight is 906 g/mol. The summed E-state index contributed by atoms with van der Waals surface area (Å²) in [6, 6.07) is -0.999. The first-order chi connectivity index (χ1) is 31.3. The molecule has 1 fully saturated rings. The summed E-state index contributed by atoms with van der Waals surface area (Å²) in [5.41, 5.74) is 0. The Morgan fingerprint density at radius 2 is 0.969 bits per heavy atom. The van der Waals surface area contributed by atoms with Crippen LogP contribution in [0.1, 0.15) is 226 Å². The zero-order valence-corrected chi connectivity index (χ0v) is 40.9. The van der Waals surface area contributed by atoms with Crippen molar-refractivity contribution in [2.45, 2.75) is 275 Å². The van der Waals surface area contributed by atoms with Gasteiger partial charge in [-0.2, -0.15) is 0 Å². The molecular formula is C54H99NO9. The van der Waals surface area contributed by atoms with Crippen LogP contribution in [-0.2, 0) is 14.3 Å². The quantitative estimate of drug-likeness (QED) is 0.0232. The van der Waals surface area contributed by atoms with Gasteiger partial charge in [0, 0.05) is 0 Å². The standard InChI is InChI=1S/C54H99NO9/c1-3-5-7-9-11-13-15-17-18-19-20-21-22-23-24-25-26-27-28-29-31-33-35-37-39-41-43-48(58)53(62)55-46(45-63-54-52(61)51(60)50(59)49(44-56)64-54)47(57)42-40-38-36-34-32-30-16-14-12-10-8-6-4-2/h20-21,23-24,32,34,40,42,46-52,54,56-61H,3-19,22,25-31,33,35-39,41,43-45H2,1-2H3,(H,55,62)/b21-20-,24-23-,34-32+,42-40+. The second-order valence-corrected chi connectivity index (χ2v) is 18.4. The van der Waals surface area contributed by atoms with Gasteiger partial charge in [0.25, 0.3) is 0 Å². The predicted molar refractivity (Wildman–Crippen MR) is 264 cm³/mol. The lowest BCUT2D eigenvalue weighted by Gasteiger charge is -2.40. The molecule has 8 unspecified atom stereocenters. The van der Waals surface area contributed by atoms with Gasteiger partial charge in [-0.15, -0.1) is 0 Å². The number of unbranched alkanes of at least 4 members (excludes halogenated alkanes) is 27. The average Bonchev–Trinajstić information content (AvgIpc) is 3.29. The van der Waals surface area contributed by atoms with E-state index in [4.69, 9.17) is 9.47 Å². The highest BCUT2D eigenvalue weighted by Gasteiger charge is 2.44. The van der Waals surface area contributed by atoms with Crippen molar-refractivity contribution in [1.82, 2.24) is 5.32 Å². The maximum absolute atomic E-state index is 13.1. The Morgan fingerprint density at radius 3 is 1.45 bits per heavy atom. The van der Waals surface area contributed by atoms with E-state index < -0.39 is 61.5 Å². The summed E-state index contributed by atoms with van der Waals surface area (Å²) in [5, 5.41) is 64.8. The molecule has 1 amide bonds. The van der Waals surface area contributed by atoms with Gasteiger partial charge in [-0.25, -0.2) is 0 Å². The Hall–Kier alpha value is -1.89. The van der Waals surface area contributed by atoms with E-state index in [0.717, 1.165) is 38.5 Å². The van der Waals surface area contributed by atoms with E-state index >= 15 is 0 Å². The van der Waals surface area contributed by atoms with Crippen molar-refractivity contribution in [3.05, 3.63) is 48.6 Å². The monoisotopic (exact) mass is 906 g/mol. The highest BCUT2D eigenvalue weighted by molar-refractivity contribution is 5.80. The second-order valence-electron chi connectivity index (χ2n) is 18.4. The molecular weight excluding hydrogens is 807 g/mol. The van der Waals surface area contributed by atoms with Crippen LogP contribution in [0, 0.1) is 0 Å². The van der Waals surface area contributed by atoms with Crippen molar-refractivity contribution in [1.29, 1.82) is 0 Å². The Kier molecular flexibility index (Phi) is 41.0. The van der Waals surface area contributed by atoms with Crippen LogP contribution < -0.4 is 5.32 Å². The van der Waals surface area contributed by atoms with E-state index in [2.05, 4.69) is 55.6 Å². The number of carbonyl (C=O) groups is 1. The number of rotatable bonds is 44. The Labute approximate surface area is 391 Å². The van der Waals surface area contributed by atoms with Crippen molar-refractivity contribution >= 4 is 5.91 Å². The van der Waals surface area contributed by atoms with Gasteiger partial charge in [0.1, 0.15) is 30.5 Å². The van der Waals surface area contributed by atoms with Gasteiger partial charge < -0.3 is 45.4 Å². The van der Waals surface area contributed by atoms with E-state index in [9.17, 15) is 35.4 Å². The Morgan fingerprint density at radius 1 is 0.547 bits per heavy atom. The molecule has 0 bridgehead atoms. The Bertz CT molecular complexity index is 1160. The molecule has 10 heteroatoms. The molecule has 0 spiro atoms. The highest BCUT2D eigenvalue weighted by Crippen LogP contribution is 2.23. The largest absolute Gasteiger partial charge is 0.394 e. The minimum Gasteiger partial charge on any atom is -0.394 e. The van der Waals surface area contributed by atoms with Crippen molar-refractivity contribution < 1.29 is 44.9 Å². The number of amides is 1. The van der Waals surface area contributed by atoms with Gasteiger partial charge in [0.2, 0.25) is 5.91 Å². The lowest BCUT2D eigenvalue weighted by atomic mass is 9.99. The van der Waals surface area contributed by atoms with Crippen LogP contribution in [0.25, 0.3) is 0 Å². The molecule has 1 aliphatic rings. The van der Waals surface area contributed by atoms with Gasteiger partial charge in [-0.1, -0.05) is 210 Å². The number of nitrogens with one attached hydrogen (secondary N) is 1. The third kappa shape index (κ3) is 32.7. The summed E-state index contributed by atoms with van der Waals surface area (Å²) in [6.07, 6.45) is 46.4. The molecule has 0 aromatic heterocycles. The summed E-state index contributed by atoms with van der Waals surface area (Å²) in [6.45, 7) is 3.58. The zero-order chi connectivity index (χ0) is 46.7. The fraction of sp³-hybridized carbons (Fsp3) is 0.833. The number of ether oxygens (including phenoxy) is 2. The van der Waals surface area contributed by atoms with Gasteiger partial charge in [0.15, 0.2) is 6.29 Å². The first-order valence-electron chi connectivity index (χ1n) is 26.5. The molecule has 8 atom stereocenters. The van der Waals surface area contributed by atoms with Crippen molar-refractivity contribution in [3.63, 3.8) is 0 Å². The van der Waals surface area contributed by atoms with Crippen molar-refractivity contribution in [2.24, 2.45) is 0 Å². The smallest absolute Gasteiger partial charge is 0.249 e. The van der Waals surface area contributed by atoms with Crippen LogP contribution in [0.15, 0.2) is 48.6 Å². The molecule has 0 radical (unpaired) electrons. The molecule has 10 nitrogen and oxygen atoms in total. The molecule has 1 aliphatic heterocycles. The van der Waals surface area contributed by atoms with E-state index in [0.29, 0.717) is 19.3 Å². The van der Waals surface area contributed by atoms with Gasteiger partial charge in [-0.3, -0.25) is 4.79 Å². The normalized spacial score (nSPS) is 20.9. The lowest BCUT2D eigenvalue weighted by molar-refractivity contribution is -0.302. The zero-order valence-electron chi connectivity index (χ0n) is 40.9. The fourth-order valence-electron chi connectivity index (χ4n) is 8.15. The molecule has 1 rings (SSSR count). The van der Waals surface area contributed by atoms with Crippen LogP contribution in [0.4, 0.5) is 0 Å². The SMILES string of the molecule is CCCCCCCCC/C=C/CC/C=C/C(O)C(COC1OC(CO)C(O)C(O)C1O)NC(=O)C(O)CCCCCCCCCCCC/C=C\C/C=C\CCCCCCCCCCC. The van der Waals surface area contributed by atoms with Crippen molar-refractivity contribution in [2.75, 3.05) is 13.2 Å². The molecule has 0 saturated carbocycles. The first-order valence-corrected chi connectivity index (χ1v) is 26.5. The number of carbonyl (C=O) groups excluding carboxylic acids is 1. The summed E-state index contributed by atoms with van der Waals surface area (Å²) in [7, 11) is 0. The van der Waals surface area contributed by atoms with Crippen LogP contribution in [0.5, 0.6) is 0 Å². The third-order valence-electron chi connectivity index (χ3n) is 12.5. The third-order valence-corrected chi connectivity index (χ3v) is 12.5. The lowest BCUT2D eigenvalue weighted by Crippen LogP contribution is -2.60. The number of aliphatic hydroxyl groups excluding tert-OH is 6. The van der Waals surface area contributed by atoms with Crippen LogP contribution in [-0.4, -0.2) is 98.7 Å². The minimum atomic E-state index is -1.62. The van der Waals surface area contributed by atoms with E-state index in [-0.39, 0.29) is 6.61 Å². The van der Waals surface area contributed by atoms with Crippen molar-refractivity contribution in [3.8, 4) is 0 Å². The van der Waals surface area contributed by atoms with Crippen LogP contribution >= 0.6 is 0 Å². The van der Waals surface area contributed by atoms with Gasteiger partial charge in [0.05, 0.1) is 25.4 Å². The molecule has 64 heavy (non-hydrogen) atoms. The van der Waals surface area contributed by atoms with Crippen LogP contribution in [0.3, 0.4) is 0 Å². The summed E-state index contributed by atoms with van der Waals surface area (Å²) in [5.74, 6) is -0.630. The highest BCUT2D eigenvalue weighted by atomic mass is 16.7. The number of hydrogen-bond acceptors (Lipinski definition) is 9. The number of aliphatic hydroxyl groups is 6. The molecule has 374 valence electrons. The van der Waals surface area contributed by atoms with E-state index in [1.54, 1.807) is 6.08 Å². The topological polar surface area (TPSA) is 169 Å². The second kappa shape index (κ2) is 43.7. The van der Waals surface area contributed by atoms with E-state index in [1.807, 2.05) is 6.08 Å². The maximum atomic E-state index is 13.1. The first kappa shape index (κ1) is 60.1. The van der Waals surface area contributed by atoms with E-state index in [1.165, 1.54) is 154 Å². The molecule has 0 aromatic rings. The minimum absolute atomic E-state index is 0.299. The van der Waals surface area contributed by atoms with Gasteiger partial charge in [-0.05, 0) is 64.2 Å². The van der Waals surface area contributed by atoms with Gasteiger partial charge >= 0.3 is 0 Å². The van der Waals surface area contributed by atoms with Crippen LogP contribution in [0.2, 0.25) is 0 Å². The fourth-order valence-corrected chi connectivity index (χ4v) is 8.15. The molecule has 7 N–H and O–H groups in total. The summed E-state index contributed by atoms with van der Waals surface area (Å²) in [4.78, 5) is 13.1. The number of allylic oxidation sites excluding steroid dienone is 7. The molecule has 1 heterocycles. The summed E-state index contributed by atoms with van der Waals surface area (Å²) >= 11 is 0. The summed E-state index contributed by atoms with van der Waals surface area (Å²) < 4.78 is 11.1. The predicted octanol–water partition coefficient (Wildman–Crippen LogP) is 11.1.